The number of anilines is 1. The summed E-state index contributed by atoms with van der Waals surface area (Å²) in [5.74, 6) is -0.185. The lowest BCUT2D eigenvalue weighted by atomic mass is 10.2. The number of nitrogens with two attached hydrogens (primary N) is 1. The highest BCUT2D eigenvalue weighted by atomic mass is 19.1. The summed E-state index contributed by atoms with van der Waals surface area (Å²) >= 11 is 0. The highest BCUT2D eigenvalue weighted by Gasteiger charge is 2.00. The molecule has 0 aliphatic rings. The van der Waals surface area contributed by atoms with E-state index in [0.717, 1.165) is 38.0 Å². The van der Waals surface area contributed by atoms with Gasteiger partial charge in [-0.1, -0.05) is 6.42 Å². The van der Waals surface area contributed by atoms with Crippen molar-refractivity contribution in [1.29, 1.82) is 0 Å². The smallest absolute Gasteiger partial charge is 0.123 e. The van der Waals surface area contributed by atoms with E-state index >= 15 is 0 Å². The van der Waals surface area contributed by atoms with Crippen molar-refractivity contribution in [1.82, 2.24) is 0 Å². The third kappa shape index (κ3) is 4.30. The van der Waals surface area contributed by atoms with Gasteiger partial charge in [0.2, 0.25) is 0 Å². The topological polar surface area (TPSA) is 29.3 Å². The van der Waals surface area contributed by atoms with Crippen LogP contribution in [0.1, 0.15) is 19.3 Å². The molecule has 0 saturated heterocycles. The molecule has 0 atom stereocenters. The van der Waals surface area contributed by atoms with E-state index in [4.69, 9.17) is 5.73 Å². The Kier molecular flexibility index (Phi) is 5.12. The van der Waals surface area contributed by atoms with E-state index in [1.54, 1.807) is 12.1 Å². The van der Waals surface area contributed by atoms with E-state index in [1.807, 2.05) is 7.05 Å². The van der Waals surface area contributed by atoms with E-state index in [1.165, 1.54) is 12.1 Å². The Labute approximate surface area is 90.9 Å². The molecule has 0 saturated carbocycles. The minimum absolute atomic E-state index is 0.185. The molecule has 84 valence electrons. The van der Waals surface area contributed by atoms with E-state index in [0.29, 0.717) is 0 Å². The summed E-state index contributed by atoms with van der Waals surface area (Å²) in [6.45, 7) is 1.76. The number of unbranched alkanes of at least 4 members (excludes halogenated alkanes) is 2. The highest BCUT2D eigenvalue weighted by Crippen LogP contribution is 2.13. The predicted molar refractivity (Wildman–Crippen MR) is 62.6 cm³/mol. The first kappa shape index (κ1) is 12.0. The quantitative estimate of drug-likeness (QED) is 0.730. The summed E-state index contributed by atoms with van der Waals surface area (Å²) < 4.78 is 12.7. The van der Waals surface area contributed by atoms with Crippen LogP contribution in [-0.4, -0.2) is 20.1 Å². The number of halogens is 1. The van der Waals surface area contributed by atoms with Crippen molar-refractivity contribution in [2.45, 2.75) is 19.3 Å². The molecule has 0 aliphatic carbocycles. The molecule has 0 spiro atoms. The maximum atomic E-state index is 12.7. The second kappa shape index (κ2) is 6.40. The zero-order valence-electron chi connectivity index (χ0n) is 9.25. The van der Waals surface area contributed by atoms with Crippen molar-refractivity contribution in [2.24, 2.45) is 5.73 Å². The Hall–Kier alpha value is -1.09. The number of benzene rings is 1. The van der Waals surface area contributed by atoms with Crippen LogP contribution in [-0.2, 0) is 0 Å². The van der Waals surface area contributed by atoms with Crippen LogP contribution in [0.2, 0.25) is 0 Å². The molecule has 3 heteroatoms. The number of hydrogen-bond donors (Lipinski definition) is 1. The average Bonchev–Trinajstić information content (AvgIpc) is 2.25. The maximum absolute atomic E-state index is 12.7. The third-order valence-corrected chi connectivity index (χ3v) is 2.47. The molecule has 0 radical (unpaired) electrons. The zero-order chi connectivity index (χ0) is 11.1. The molecule has 1 aromatic carbocycles. The van der Waals surface area contributed by atoms with Crippen molar-refractivity contribution in [3.8, 4) is 0 Å². The molecular weight excluding hydrogens is 191 g/mol. The van der Waals surface area contributed by atoms with Gasteiger partial charge < -0.3 is 10.6 Å². The van der Waals surface area contributed by atoms with Gasteiger partial charge >= 0.3 is 0 Å². The van der Waals surface area contributed by atoms with Crippen molar-refractivity contribution in [3.05, 3.63) is 30.1 Å². The SMILES string of the molecule is CN(CCCCCN)c1ccc(F)cc1. The Morgan fingerprint density at radius 2 is 1.80 bits per heavy atom. The van der Waals surface area contributed by atoms with E-state index in [-0.39, 0.29) is 5.82 Å². The molecule has 0 amide bonds. The van der Waals surface area contributed by atoms with Crippen molar-refractivity contribution >= 4 is 5.69 Å². The summed E-state index contributed by atoms with van der Waals surface area (Å²) in [5.41, 5.74) is 6.48. The molecule has 0 fully saturated rings. The first-order valence-corrected chi connectivity index (χ1v) is 5.41. The van der Waals surface area contributed by atoms with Crippen LogP contribution in [0.4, 0.5) is 10.1 Å². The summed E-state index contributed by atoms with van der Waals surface area (Å²) in [5, 5.41) is 0. The number of rotatable bonds is 6. The molecule has 0 aliphatic heterocycles. The van der Waals surface area contributed by atoms with E-state index < -0.39 is 0 Å². The predicted octanol–water partition coefficient (Wildman–Crippen LogP) is 2.39. The van der Waals surface area contributed by atoms with Gasteiger partial charge in [0.05, 0.1) is 0 Å². The summed E-state index contributed by atoms with van der Waals surface area (Å²) in [6.07, 6.45) is 3.37. The third-order valence-electron chi connectivity index (χ3n) is 2.47. The standard InChI is InChI=1S/C12H19FN2/c1-15(10-4-2-3-9-14)12-7-5-11(13)6-8-12/h5-8H,2-4,9-10,14H2,1H3. The number of hydrogen-bond acceptors (Lipinski definition) is 2. The normalized spacial score (nSPS) is 10.3. The van der Waals surface area contributed by atoms with Gasteiger partial charge in [-0.3, -0.25) is 0 Å². The van der Waals surface area contributed by atoms with Gasteiger partial charge in [-0.25, -0.2) is 4.39 Å². The average molecular weight is 210 g/mol. The second-order valence-corrected chi connectivity index (χ2v) is 3.75. The Balaban J connectivity index is 2.33. The molecule has 0 heterocycles. The molecule has 2 nitrogen and oxygen atoms in total. The Morgan fingerprint density at radius 1 is 1.13 bits per heavy atom. The van der Waals surface area contributed by atoms with Crippen LogP contribution in [0.25, 0.3) is 0 Å². The van der Waals surface area contributed by atoms with Crippen molar-refractivity contribution in [3.63, 3.8) is 0 Å². The van der Waals surface area contributed by atoms with Crippen LogP contribution < -0.4 is 10.6 Å². The van der Waals surface area contributed by atoms with Crippen LogP contribution in [0.15, 0.2) is 24.3 Å². The van der Waals surface area contributed by atoms with Gasteiger partial charge in [0.15, 0.2) is 0 Å². The Bertz CT molecular complexity index is 271. The first-order valence-electron chi connectivity index (χ1n) is 5.41. The fraction of sp³-hybridized carbons (Fsp3) is 0.500. The minimum atomic E-state index is -0.185. The summed E-state index contributed by atoms with van der Waals surface area (Å²) in [4.78, 5) is 2.13. The molecule has 0 unspecified atom stereocenters. The van der Waals surface area contributed by atoms with Gasteiger partial charge in [-0.15, -0.1) is 0 Å². The molecule has 0 bridgehead atoms. The van der Waals surface area contributed by atoms with Crippen LogP contribution in [0, 0.1) is 5.82 Å². The highest BCUT2D eigenvalue weighted by molar-refractivity contribution is 5.45. The minimum Gasteiger partial charge on any atom is -0.375 e. The molecular formula is C12H19FN2. The molecule has 0 aromatic heterocycles. The van der Waals surface area contributed by atoms with Gasteiger partial charge in [0, 0.05) is 19.3 Å². The van der Waals surface area contributed by atoms with Gasteiger partial charge in [0.1, 0.15) is 5.82 Å². The van der Waals surface area contributed by atoms with Gasteiger partial charge in [-0.2, -0.15) is 0 Å². The molecule has 1 rings (SSSR count). The Morgan fingerprint density at radius 3 is 2.40 bits per heavy atom. The molecule has 1 aromatic rings. The zero-order valence-corrected chi connectivity index (χ0v) is 9.25. The van der Waals surface area contributed by atoms with Crippen molar-refractivity contribution in [2.75, 3.05) is 25.0 Å². The molecule has 15 heavy (non-hydrogen) atoms. The van der Waals surface area contributed by atoms with E-state index in [9.17, 15) is 4.39 Å². The van der Waals surface area contributed by atoms with Gasteiger partial charge in [-0.05, 0) is 43.7 Å². The van der Waals surface area contributed by atoms with Crippen LogP contribution in [0.3, 0.4) is 0 Å². The van der Waals surface area contributed by atoms with Crippen LogP contribution >= 0.6 is 0 Å². The lowest BCUT2D eigenvalue weighted by Crippen LogP contribution is -2.18. The fourth-order valence-electron chi connectivity index (χ4n) is 1.49. The molecule has 2 N–H and O–H groups in total. The maximum Gasteiger partial charge on any atom is 0.123 e. The monoisotopic (exact) mass is 210 g/mol. The van der Waals surface area contributed by atoms with Crippen molar-refractivity contribution < 1.29 is 4.39 Å². The second-order valence-electron chi connectivity index (χ2n) is 3.75. The lowest BCUT2D eigenvalue weighted by Gasteiger charge is -2.18. The van der Waals surface area contributed by atoms with Crippen LogP contribution in [0.5, 0.6) is 0 Å². The van der Waals surface area contributed by atoms with Gasteiger partial charge in [0.25, 0.3) is 0 Å². The largest absolute Gasteiger partial charge is 0.375 e. The fourth-order valence-corrected chi connectivity index (χ4v) is 1.49. The summed E-state index contributed by atoms with van der Waals surface area (Å²) in [6, 6.07) is 6.59. The van der Waals surface area contributed by atoms with E-state index in [2.05, 4.69) is 4.90 Å². The lowest BCUT2D eigenvalue weighted by molar-refractivity contribution is 0.627. The first-order chi connectivity index (χ1) is 7.24. The number of nitrogens with zero attached hydrogens (tertiary/aromatic N) is 1. The summed E-state index contributed by atoms with van der Waals surface area (Å²) in [7, 11) is 2.02.